The molecular weight excluding hydrogens is 426 g/mol. The van der Waals surface area contributed by atoms with E-state index in [2.05, 4.69) is 91.9 Å². The third-order valence-electron chi connectivity index (χ3n) is 5.33. The smallest absolute Gasteiger partial charge is 0.0757 e. The minimum absolute atomic E-state index is 0. The fourth-order valence-electron chi connectivity index (χ4n) is 4.06. The number of pyridine rings is 1. The molecule has 1 nitrogen and oxygen atoms in total. The molecule has 5 rings (SSSR count). The van der Waals surface area contributed by atoms with Crippen molar-refractivity contribution in [3.05, 3.63) is 102 Å². The zero-order chi connectivity index (χ0) is 24.1. The van der Waals surface area contributed by atoms with Gasteiger partial charge in [-0.15, -0.1) is 0 Å². The summed E-state index contributed by atoms with van der Waals surface area (Å²) in [6.07, 6.45) is 0. The second kappa shape index (κ2) is 16.0. The van der Waals surface area contributed by atoms with Crippen LogP contribution in [0.4, 0.5) is 0 Å². The third kappa shape index (κ3) is 6.27. The van der Waals surface area contributed by atoms with Crippen molar-refractivity contribution in [2.45, 2.75) is 67.7 Å². The maximum atomic E-state index is 5.02. The maximum absolute atomic E-state index is 5.02. The zero-order valence-corrected chi connectivity index (χ0v) is 22.6. The molecule has 0 N–H and O–H groups in total. The second-order valence-electron chi connectivity index (χ2n) is 6.61. The Bertz CT molecular complexity index is 1070. The van der Waals surface area contributed by atoms with Crippen molar-refractivity contribution in [1.29, 1.82) is 0 Å². The molecule has 1 atom stereocenters. The first kappa shape index (κ1) is 31.3. The van der Waals surface area contributed by atoms with Crippen molar-refractivity contribution in [2.75, 3.05) is 0 Å². The monoisotopic (exact) mass is 467 g/mol. The number of hydrogen-bond acceptors (Lipinski definition) is 1. The second-order valence-corrected chi connectivity index (χ2v) is 6.61. The quantitative estimate of drug-likeness (QED) is 0.271. The molecule has 0 saturated heterocycles. The molecule has 1 aliphatic rings. The van der Waals surface area contributed by atoms with E-state index in [9.17, 15) is 0 Å². The van der Waals surface area contributed by atoms with Crippen LogP contribution >= 0.6 is 0 Å². The minimum Gasteiger partial charge on any atom is -0.247 e. The van der Waals surface area contributed by atoms with Gasteiger partial charge in [0.2, 0.25) is 0 Å². The third-order valence-corrected chi connectivity index (χ3v) is 5.33. The van der Waals surface area contributed by atoms with E-state index >= 15 is 0 Å². The average molecular weight is 468 g/mol. The van der Waals surface area contributed by atoms with Crippen LogP contribution in [0, 0.1) is 37.7 Å². The number of nitrogens with zero attached hydrogens (tertiary/aromatic N) is 1. The molecule has 1 aromatic heterocycles. The van der Waals surface area contributed by atoms with Gasteiger partial charge in [0.05, 0.1) is 11.2 Å². The Kier molecular flexibility index (Phi) is 15.2. The van der Waals surface area contributed by atoms with E-state index in [-0.39, 0.29) is 43.2 Å². The van der Waals surface area contributed by atoms with E-state index in [1.54, 1.807) is 0 Å². The number of fused-ring (bicyclic) bond motifs is 4. The first-order valence-electron chi connectivity index (χ1n) is 12.3. The van der Waals surface area contributed by atoms with Gasteiger partial charge in [0.1, 0.15) is 0 Å². The Morgan fingerprint density at radius 3 is 1.73 bits per heavy atom. The molecular formula is C31H41ArN. The Morgan fingerprint density at radius 1 is 0.576 bits per heavy atom. The predicted octanol–water partition coefficient (Wildman–Crippen LogP) is 9.67. The normalized spacial score (nSPS) is 14.1. The molecule has 0 aliphatic heterocycles. The van der Waals surface area contributed by atoms with Gasteiger partial charge in [-0.05, 0) is 35.7 Å². The van der Waals surface area contributed by atoms with Crippen molar-refractivity contribution in [2.24, 2.45) is 0 Å². The van der Waals surface area contributed by atoms with Gasteiger partial charge in [-0.25, -0.2) is 4.98 Å². The average Bonchev–Trinajstić information content (AvgIpc) is 3.17. The summed E-state index contributed by atoms with van der Waals surface area (Å²) < 4.78 is 0. The molecule has 1 aliphatic carbocycles. The fourth-order valence-corrected chi connectivity index (χ4v) is 4.06. The van der Waals surface area contributed by atoms with Gasteiger partial charge in [0, 0.05) is 54.1 Å². The number of rotatable bonds is 1. The Hall–Kier alpha value is -1.67. The molecule has 0 amide bonds. The summed E-state index contributed by atoms with van der Waals surface area (Å²) >= 11 is 0. The van der Waals surface area contributed by atoms with Crippen LogP contribution in [0.25, 0.3) is 22.2 Å². The molecule has 0 radical (unpaired) electrons. The SMILES string of the molecule is CC.CC.CC.CC.CC1(c2ccccc2)c2ccccc2-c2nc3ccccc3cc21.[Ar]. The number of benzene rings is 3. The van der Waals surface area contributed by atoms with E-state index < -0.39 is 0 Å². The van der Waals surface area contributed by atoms with Crippen LogP contribution < -0.4 is 0 Å². The largest absolute Gasteiger partial charge is 0.247 e. The standard InChI is InChI=1S/C23H17N.4C2H6.Ar/c1-23(17-10-3-2-4-11-17)19-13-7-6-12-18(19)22-20(23)15-16-9-5-8-14-21(16)24-22;4*1-2;/h2-15H,1H3;4*1-2H3;. The zero-order valence-electron chi connectivity index (χ0n) is 21.9. The Balaban J connectivity index is 0.00000104. The van der Waals surface area contributed by atoms with E-state index in [1.165, 1.54) is 27.6 Å². The molecule has 0 bridgehead atoms. The molecule has 33 heavy (non-hydrogen) atoms. The van der Waals surface area contributed by atoms with Crippen LogP contribution in [-0.4, -0.2) is 4.98 Å². The number of para-hydroxylation sites is 1. The summed E-state index contributed by atoms with van der Waals surface area (Å²) in [5.74, 6) is 0. The van der Waals surface area contributed by atoms with E-state index in [0.717, 1.165) is 11.2 Å². The minimum atomic E-state index is -0.162. The molecule has 2 heteroatoms. The fraction of sp³-hybridized carbons (Fsp3) is 0.323. The Morgan fingerprint density at radius 2 is 1.09 bits per heavy atom. The maximum Gasteiger partial charge on any atom is 0.0757 e. The van der Waals surface area contributed by atoms with Crippen molar-refractivity contribution < 1.29 is 37.7 Å². The summed E-state index contributed by atoms with van der Waals surface area (Å²) in [5.41, 5.74) is 7.23. The molecule has 0 fully saturated rings. The van der Waals surface area contributed by atoms with Crippen LogP contribution in [-0.2, 0) is 5.41 Å². The van der Waals surface area contributed by atoms with E-state index in [4.69, 9.17) is 4.98 Å². The molecule has 1 unspecified atom stereocenters. The summed E-state index contributed by atoms with van der Waals surface area (Å²) in [6.45, 7) is 18.3. The number of aromatic nitrogens is 1. The Labute approximate surface area is 232 Å². The summed E-state index contributed by atoms with van der Waals surface area (Å²) in [4.78, 5) is 5.02. The molecule has 4 aromatic rings. The van der Waals surface area contributed by atoms with E-state index in [1.807, 2.05) is 55.4 Å². The van der Waals surface area contributed by atoms with Crippen LogP contribution in [0.2, 0.25) is 0 Å². The van der Waals surface area contributed by atoms with Gasteiger partial charge in [0.25, 0.3) is 0 Å². The summed E-state index contributed by atoms with van der Waals surface area (Å²) in [6, 6.07) is 30.1. The van der Waals surface area contributed by atoms with Gasteiger partial charge >= 0.3 is 0 Å². The van der Waals surface area contributed by atoms with Crippen LogP contribution in [0.1, 0.15) is 79.0 Å². The topological polar surface area (TPSA) is 12.9 Å². The van der Waals surface area contributed by atoms with Crippen LogP contribution in [0.15, 0.2) is 84.9 Å². The van der Waals surface area contributed by atoms with Gasteiger partial charge in [-0.1, -0.05) is 128 Å². The van der Waals surface area contributed by atoms with Crippen molar-refractivity contribution >= 4 is 10.9 Å². The van der Waals surface area contributed by atoms with Crippen molar-refractivity contribution in [1.82, 2.24) is 4.98 Å². The van der Waals surface area contributed by atoms with Crippen molar-refractivity contribution in [3.63, 3.8) is 0 Å². The van der Waals surface area contributed by atoms with E-state index in [0.29, 0.717) is 0 Å². The molecule has 3 aromatic carbocycles. The van der Waals surface area contributed by atoms with Crippen molar-refractivity contribution in [3.8, 4) is 11.3 Å². The summed E-state index contributed by atoms with van der Waals surface area (Å²) in [7, 11) is 0. The first-order chi connectivity index (χ1) is 15.8. The first-order valence-corrected chi connectivity index (χ1v) is 12.3. The predicted molar refractivity (Wildman–Crippen MR) is 145 cm³/mol. The van der Waals surface area contributed by atoms with Crippen LogP contribution in [0.3, 0.4) is 0 Å². The molecule has 1 heterocycles. The number of hydrogen-bond donors (Lipinski definition) is 0. The summed E-state index contributed by atoms with van der Waals surface area (Å²) in [5, 5.41) is 1.20. The van der Waals surface area contributed by atoms with Gasteiger partial charge in [-0.3, -0.25) is 0 Å². The molecule has 0 saturated carbocycles. The van der Waals surface area contributed by atoms with Gasteiger partial charge < -0.3 is 0 Å². The molecule has 178 valence electrons. The molecule has 0 spiro atoms. The van der Waals surface area contributed by atoms with Gasteiger partial charge in [-0.2, -0.15) is 0 Å². The van der Waals surface area contributed by atoms with Crippen LogP contribution in [0.5, 0.6) is 0 Å². The van der Waals surface area contributed by atoms with Gasteiger partial charge in [0.15, 0.2) is 0 Å².